The van der Waals surface area contributed by atoms with Crippen molar-refractivity contribution in [3.05, 3.63) is 24.3 Å². The van der Waals surface area contributed by atoms with Crippen LogP contribution >= 0.6 is 23.8 Å². The molecule has 0 aliphatic heterocycles. The van der Waals surface area contributed by atoms with Crippen LogP contribution in [0.15, 0.2) is 24.3 Å². The molecule has 0 saturated heterocycles. The maximum atomic E-state index is 5.70. The Bertz CT molecular complexity index is 550. The number of fused-ring (bicyclic) bond motifs is 1. The van der Waals surface area contributed by atoms with Crippen LogP contribution in [0.1, 0.15) is 13.8 Å². The lowest BCUT2D eigenvalue weighted by Gasteiger charge is -2.24. The Balaban J connectivity index is 2.30. The van der Waals surface area contributed by atoms with Crippen LogP contribution in [0.4, 0.5) is 5.00 Å². The highest BCUT2D eigenvalue weighted by Crippen LogP contribution is 2.31. The van der Waals surface area contributed by atoms with E-state index in [1.807, 2.05) is 18.2 Å². The molecule has 1 aromatic carbocycles. The second kappa shape index (κ2) is 5.63. The molecule has 0 radical (unpaired) electrons. The molecule has 2 aromatic rings. The molecule has 3 nitrogen and oxygen atoms in total. The molecular weight excluding hydrogens is 262 g/mol. The first-order valence-corrected chi connectivity index (χ1v) is 7.20. The third kappa shape index (κ3) is 2.62. The number of benzene rings is 1. The number of hydrogen-bond acceptors (Lipinski definition) is 4. The van der Waals surface area contributed by atoms with Crippen LogP contribution in [0.3, 0.4) is 0 Å². The van der Waals surface area contributed by atoms with E-state index in [4.69, 9.17) is 18.0 Å². The monoisotopic (exact) mass is 279 g/mol. The summed E-state index contributed by atoms with van der Waals surface area (Å²) in [6.45, 7) is 5.98. The van der Waals surface area contributed by atoms with Gasteiger partial charge in [0.25, 0.3) is 0 Å². The van der Waals surface area contributed by atoms with E-state index >= 15 is 0 Å². The zero-order chi connectivity index (χ0) is 13.1. The molecule has 1 atom stereocenters. The summed E-state index contributed by atoms with van der Waals surface area (Å²) in [5.74, 6) is 0.209. The molecule has 0 saturated carbocycles. The van der Waals surface area contributed by atoms with Crippen molar-refractivity contribution in [1.82, 2.24) is 4.37 Å². The Morgan fingerprint density at radius 3 is 2.89 bits per heavy atom. The number of rotatable bonds is 5. The van der Waals surface area contributed by atoms with Crippen molar-refractivity contribution in [3.63, 3.8) is 0 Å². The van der Waals surface area contributed by atoms with Crippen LogP contribution in [-0.4, -0.2) is 22.5 Å². The highest BCUT2D eigenvalue weighted by Gasteiger charge is 2.16. The fourth-order valence-corrected chi connectivity index (χ4v) is 2.89. The lowest BCUT2D eigenvalue weighted by molar-refractivity contribution is 0.713. The second-order valence-electron chi connectivity index (χ2n) is 4.35. The van der Waals surface area contributed by atoms with Crippen molar-refractivity contribution in [2.75, 3.05) is 18.0 Å². The maximum Gasteiger partial charge on any atom is 0.119 e. The minimum absolute atomic E-state index is 0.209. The summed E-state index contributed by atoms with van der Waals surface area (Å²) in [6, 6.07) is 8.22. The minimum atomic E-state index is 0.209. The average Bonchev–Trinajstić information content (AvgIpc) is 2.79. The molecule has 0 bridgehead atoms. The van der Waals surface area contributed by atoms with Gasteiger partial charge < -0.3 is 10.6 Å². The highest BCUT2D eigenvalue weighted by molar-refractivity contribution is 7.80. The molecule has 96 valence electrons. The summed E-state index contributed by atoms with van der Waals surface area (Å²) in [5.41, 5.74) is 6.75. The summed E-state index contributed by atoms with van der Waals surface area (Å²) >= 11 is 6.59. The Kier molecular flexibility index (Phi) is 4.14. The number of hydrogen-bond donors (Lipinski definition) is 1. The van der Waals surface area contributed by atoms with Crippen LogP contribution in [0.25, 0.3) is 10.9 Å². The van der Waals surface area contributed by atoms with Crippen molar-refractivity contribution in [2.45, 2.75) is 13.8 Å². The lowest BCUT2D eigenvalue weighted by atomic mass is 10.1. The van der Waals surface area contributed by atoms with E-state index in [0.717, 1.165) is 18.6 Å². The number of aromatic nitrogens is 1. The Labute approximate surface area is 117 Å². The van der Waals surface area contributed by atoms with Crippen molar-refractivity contribution in [3.8, 4) is 0 Å². The van der Waals surface area contributed by atoms with Crippen LogP contribution in [0.2, 0.25) is 0 Å². The quantitative estimate of drug-likeness (QED) is 0.854. The van der Waals surface area contributed by atoms with Crippen molar-refractivity contribution < 1.29 is 0 Å². The summed E-state index contributed by atoms with van der Waals surface area (Å²) < 4.78 is 4.48. The highest BCUT2D eigenvalue weighted by atomic mass is 32.1. The fourth-order valence-electron chi connectivity index (χ4n) is 1.88. The number of nitrogens with zero attached hydrogens (tertiary/aromatic N) is 2. The molecular formula is C13H17N3S2. The maximum absolute atomic E-state index is 5.70. The molecule has 2 rings (SSSR count). The zero-order valence-corrected chi connectivity index (χ0v) is 12.2. The summed E-state index contributed by atoms with van der Waals surface area (Å²) in [6.07, 6.45) is 0. The molecule has 0 spiro atoms. The minimum Gasteiger partial charge on any atom is -0.393 e. The first-order chi connectivity index (χ1) is 8.63. The van der Waals surface area contributed by atoms with Gasteiger partial charge in [0.2, 0.25) is 0 Å². The van der Waals surface area contributed by atoms with Gasteiger partial charge in [0, 0.05) is 24.4 Å². The van der Waals surface area contributed by atoms with Gasteiger partial charge in [0.05, 0.1) is 10.5 Å². The summed E-state index contributed by atoms with van der Waals surface area (Å²) in [7, 11) is 0. The van der Waals surface area contributed by atoms with E-state index < -0.39 is 0 Å². The van der Waals surface area contributed by atoms with Gasteiger partial charge in [-0.3, -0.25) is 0 Å². The molecule has 5 heteroatoms. The molecule has 2 N–H and O–H groups in total. The van der Waals surface area contributed by atoms with Gasteiger partial charge in [-0.2, -0.15) is 4.37 Å². The van der Waals surface area contributed by atoms with Gasteiger partial charge in [-0.25, -0.2) is 0 Å². The predicted molar refractivity (Wildman–Crippen MR) is 83.5 cm³/mol. The van der Waals surface area contributed by atoms with E-state index in [9.17, 15) is 0 Å². The third-order valence-corrected chi connectivity index (χ3v) is 4.36. The largest absolute Gasteiger partial charge is 0.393 e. The van der Waals surface area contributed by atoms with Crippen molar-refractivity contribution in [2.24, 2.45) is 11.7 Å². The predicted octanol–water partition coefficient (Wildman–Crippen LogP) is 3.04. The first-order valence-electron chi connectivity index (χ1n) is 6.02. The first kappa shape index (κ1) is 13.2. The van der Waals surface area contributed by atoms with Crippen molar-refractivity contribution in [1.29, 1.82) is 0 Å². The molecule has 0 aliphatic rings. The van der Waals surface area contributed by atoms with Crippen LogP contribution < -0.4 is 10.6 Å². The van der Waals surface area contributed by atoms with Gasteiger partial charge in [-0.1, -0.05) is 31.3 Å². The summed E-state index contributed by atoms with van der Waals surface area (Å²) in [5, 5.41) is 2.41. The molecule has 0 aliphatic carbocycles. The second-order valence-corrected chi connectivity index (χ2v) is 5.57. The van der Waals surface area contributed by atoms with Crippen LogP contribution in [-0.2, 0) is 0 Å². The van der Waals surface area contributed by atoms with Gasteiger partial charge in [0.1, 0.15) is 5.00 Å². The Hall–Kier alpha value is -1.20. The average molecular weight is 279 g/mol. The molecule has 0 amide bonds. The standard InChI is InChI=1S/C13H17N3S2/c1-3-16(8-9(2)12(14)17)13-10-6-4-5-7-11(10)15-18-13/h4-7,9H,3,8H2,1-2H3,(H2,14,17). The van der Waals surface area contributed by atoms with Gasteiger partial charge in [0.15, 0.2) is 0 Å². The topological polar surface area (TPSA) is 42.1 Å². The smallest absolute Gasteiger partial charge is 0.119 e. The lowest BCUT2D eigenvalue weighted by Crippen LogP contribution is -2.33. The van der Waals surface area contributed by atoms with E-state index in [2.05, 4.69) is 29.2 Å². The molecule has 0 fully saturated rings. The normalized spacial score (nSPS) is 12.6. The Morgan fingerprint density at radius 1 is 1.50 bits per heavy atom. The Morgan fingerprint density at radius 2 is 2.22 bits per heavy atom. The van der Waals surface area contributed by atoms with E-state index in [0.29, 0.717) is 4.99 Å². The number of thiocarbonyl (C=S) groups is 1. The summed E-state index contributed by atoms with van der Waals surface area (Å²) in [4.78, 5) is 2.87. The molecule has 18 heavy (non-hydrogen) atoms. The molecule has 1 unspecified atom stereocenters. The van der Waals surface area contributed by atoms with Crippen LogP contribution in [0.5, 0.6) is 0 Å². The third-order valence-electron chi connectivity index (χ3n) is 3.01. The van der Waals surface area contributed by atoms with Crippen molar-refractivity contribution >= 4 is 44.6 Å². The zero-order valence-electron chi connectivity index (χ0n) is 10.6. The molecule has 1 aromatic heterocycles. The number of anilines is 1. The van der Waals surface area contributed by atoms with Gasteiger partial charge in [-0.05, 0) is 30.6 Å². The fraction of sp³-hybridized carbons (Fsp3) is 0.385. The SMILES string of the molecule is CCN(CC(C)C(N)=S)c1snc2ccccc12. The van der Waals surface area contributed by atoms with Gasteiger partial charge >= 0.3 is 0 Å². The van der Waals surface area contributed by atoms with Gasteiger partial charge in [-0.15, -0.1) is 0 Å². The molecule has 1 heterocycles. The van der Waals surface area contributed by atoms with E-state index in [1.54, 1.807) is 11.5 Å². The number of nitrogens with two attached hydrogens (primary N) is 1. The van der Waals surface area contributed by atoms with E-state index in [1.165, 1.54) is 10.4 Å². The van der Waals surface area contributed by atoms with E-state index in [-0.39, 0.29) is 5.92 Å². The van der Waals surface area contributed by atoms with Crippen LogP contribution in [0, 0.1) is 5.92 Å².